The van der Waals surface area contributed by atoms with Crippen LogP contribution < -0.4 is 10.1 Å². The number of hydrogen-bond donors (Lipinski definition) is 1. The fourth-order valence-corrected chi connectivity index (χ4v) is 1.46. The van der Waals surface area contributed by atoms with E-state index in [9.17, 15) is 0 Å². The molecule has 1 unspecified atom stereocenters. The van der Waals surface area contributed by atoms with Gasteiger partial charge in [-0.15, -0.1) is 6.58 Å². The summed E-state index contributed by atoms with van der Waals surface area (Å²) < 4.78 is 5.29. The number of methoxy groups -OCH3 is 1. The lowest BCUT2D eigenvalue weighted by atomic mass is 10.1. The molecule has 0 radical (unpaired) electrons. The highest BCUT2D eigenvalue weighted by Gasteiger charge is 2.10. The van der Waals surface area contributed by atoms with Gasteiger partial charge in [-0.3, -0.25) is 0 Å². The van der Waals surface area contributed by atoms with Crippen LogP contribution in [0.5, 0.6) is 5.75 Å². The van der Waals surface area contributed by atoms with E-state index in [2.05, 4.69) is 18.8 Å². The molecule has 1 aromatic carbocycles. The minimum Gasteiger partial charge on any atom is -0.496 e. The van der Waals surface area contributed by atoms with Crippen LogP contribution in [0.2, 0.25) is 0 Å². The minimum absolute atomic E-state index is 0.163. The average molecular weight is 191 g/mol. The molecule has 0 bridgehead atoms. The second kappa shape index (κ2) is 5.45. The quantitative estimate of drug-likeness (QED) is 0.722. The lowest BCUT2D eigenvalue weighted by Gasteiger charge is -2.16. The number of ether oxygens (including phenoxy) is 1. The lowest BCUT2D eigenvalue weighted by molar-refractivity contribution is 0.405. The van der Waals surface area contributed by atoms with Crippen LogP contribution in [0.25, 0.3) is 0 Å². The maximum Gasteiger partial charge on any atom is 0.123 e. The molecule has 0 aromatic heterocycles. The zero-order valence-corrected chi connectivity index (χ0v) is 8.79. The molecule has 1 rings (SSSR count). The Bertz CT molecular complexity index is 296. The monoisotopic (exact) mass is 191 g/mol. The summed E-state index contributed by atoms with van der Waals surface area (Å²) in [5.41, 5.74) is 1.13. The molecule has 0 amide bonds. The van der Waals surface area contributed by atoms with Gasteiger partial charge < -0.3 is 10.1 Å². The van der Waals surface area contributed by atoms with Gasteiger partial charge in [0.05, 0.1) is 13.2 Å². The van der Waals surface area contributed by atoms with Crippen molar-refractivity contribution in [3.8, 4) is 5.75 Å². The topological polar surface area (TPSA) is 21.3 Å². The summed E-state index contributed by atoms with van der Waals surface area (Å²) in [6.07, 6.45) is 1.89. The van der Waals surface area contributed by atoms with E-state index in [1.807, 2.05) is 30.3 Å². The normalized spacial score (nSPS) is 12.1. The number of rotatable bonds is 5. The van der Waals surface area contributed by atoms with Gasteiger partial charge >= 0.3 is 0 Å². The Labute approximate surface area is 85.6 Å². The second-order valence-corrected chi connectivity index (χ2v) is 3.01. The van der Waals surface area contributed by atoms with E-state index < -0.39 is 0 Å². The van der Waals surface area contributed by atoms with Crippen LogP contribution in [0, 0.1) is 0 Å². The molecule has 1 N–H and O–H groups in total. The van der Waals surface area contributed by atoms with Crippen LogP contribution in [-0.4, -0.2) is 13.7 Å². The Hall–Kier alpha value is -1.28. The van der Waals surface area contributed by atoms with Gasteiger partial charge in [0.25, 0.3) is 0 Å². The van der Waals surface area contributed by atoms with Crippen LogP contribution in [0.1, 0.15) is 18.5 Å². The van der Waals surface area contributed by atoms with Crippen molar-refractivity contribution in [3.63, 3.8) is 0 Å². The Morgan fingerprint density at radius 3 is 2.79 bits per heavy atom. The highest BCUT2D eigenvalue weighted by atomic mass is 16.5. The molecule has 0 aliphatic rings. The molecular formula is C12H17NO. The highest BCUT2D eigenvalue weighted by Crippen LogP contribution is 2.24. The van der Waals surface area contributed by atoms with Crippen LogP contribution in [0.4, 0.5) is 0 Å². The second-order valence-electron chi connectivity index (χ2n) is 3.01. The molecule has 1 atom stereocenters. The molecule has 0 aliphatic carbocycles. The Balaban J connectivity index is 2.95. The summed E-state index contributed by atoms with van der Waals surface area (Å²) >= 11 is 0. The van der Waals surface area contributed by atoms with Gasteiger partial charge in [-0.1, -0.05) is 31.2 Å². The third kappa shape index (κ3) is 2.36. The number of nitrogens with one attached hydrogen (secondary N) is 1. The Kier molecular flexibility index (Phi) is 4.20. The lowest BCUT2D eigenvalue weighted by Crippen LogP contribution is -2.19. The van der Waals surface area contributed by atoms with Gasteiger partial charge in [0.1, 0.15) is 5.75 Å². The maximum atomic E-state index is 5.29. The predicted molar refractivity (Wildman–Crippen MR) is 59.6 cm³/mol. The standard InChI is InChI=1S/C12H17NO/c1-4-11(13-5-2)10-8-6-7-9-12(10)14-3/h4,6-9,11,13H,1,5H2,2-3H3. The fraction of sp³-hybridized carbons (Fsp3) is 0.333. The largest absolute Gasteiger partial charge is 0.496 e. The molecule has 0 spiro atoms. The van der Waals surface area contributed by atoms with Gasteiger partial charge in [-0.25, -0.2) is 0 Å². The molecular weight excluding hydrogens is 174 g/mol. The molecule has 0 saturated heterocycles. The summed E-state index contributed by atoms with van der Waals surface area (Å²) in [6, 6.07) is 8.15. The zero-order valence-electron chi connectivity index (χ0n) is 8.79. The molecule has 1 aromatic rings. The van der Waals surface area contributed by atoms with E-state index in [-0.39, 0.29) is 6.04 Å². The third-order valence-electron chi connectivity index (χ3n) is 2.13. The number of likely N-dealkylation sites (N-methyl/N-ethyl adjacent to an activating group) is 1. The first-order valence-corrected chi connectivity index (χ1v) is 4.82. The zero-order chi connectivity index (χ0) is 10.4. The molecule has 0 saturated carbocycles. The van der Waals surface area contributed by atoms with Crippen LogP contribution >= 0.6 is 0 Å². The maximum absolute atomic E-state index is 5.29. The van der Waals surface area contributed by atoms with Crippen molar-refractivity contribution in [2.75, 3.05) is 13.7 Å². The minimum atomic E-state index is 0.163. The molecule has 0 aliphatic heterocycles. The van der Waals surface area contributed by atoms with Gasteiger partial charge in [0.15, 0.2) is 0 Å². The Morgan fingerprint density at radius 2 is 2.21 bits per heavy atom. The summed E-state index contributed by atoms with van der Waals surface area (Å²) in [7, 11) is 1.69. The predicted octanol–water partition coefficient (Wildman–Crippen LogP) is 2.53. The third-order valence-corrected chi connectivity index (χ3v) is 2.13. The molecule has 14 heavy (non-hydrogen) atoms. The first-order valence-electron chi connectivity index (χ1n) is 4.82. The average Bonchev–Trinajstić information content (AvgIpc) is 2.26. The van der Waals surface area contributed by atoms with Gasteiger partial charge in [-0.05, 0) is 12.6 Å². The van der Waals surface area contributed by atoms with Crippen molar-refractivity contribution < 1.29 is 4.74 Å². The summed E-state index contributed by atoms with van der Waals surface area (Å²) in [5, 5.41) is 3.33. The van der Waals surface area contributed by atoms with Crippen molar-refractivity contribution in [2.45, 2.75) is 13.0 Å². The molecule has 0 fully saturated rings. The van der Waals surface area contributed by atoms with Crippen molar-refractivity contribution in [2.24, 2.45) is 0 Å². The number of benzene rings is 1. The van der Waals surface area contributed by atoms with Crippen molar-refractivity contribution in [1.82, 2.24) is 5.32 Å². The molecule has 0 heterocycles. The smallest absolute Gasteiger partial charge is 0.123 e. The summed E-state index contributed by atoms with van der Waals surface area (Å²) in [4.78, 5) is 0. The summed E-state index contributed by atoms with van der Waals surface area (Å²) in [6.45, 7) is 6.80. The summed E-state index contributed by atoms with van der Waals surface area (Å²) in [5.74, 6) is 0.901. The van der Waals surface area contributed by atoms with Crippen LogP contribution in [0.15, 0.2) is 36.9 Å². The molecule has 2 nitrogen and oxygen atoms in total. The van der Waals surface area contributed by atoms with E-state index in [1.54, 1.807) is 7.11 Å². The van der Waals surface area contributed by atoms with Crippen LogP contribution in [0.3, 0.4) is 0 Å². The van der Waals surface area contributed by atoms with Gasteiger partial charge in [-0.2, -0.15) is 0 Å². The van der Waals surface area contributed by atoms with E-state index in [0.29, 0.717) is 0 Å². The van der Waals surface area contributed by atoms with Crippen molar-refractivity contribution in [3.05, 3.63) is 42.5 Å². The first kappa shape index (κ1) is 10.8. The van der Waals surface area contributed by atoms with Crippen molar-refractivity contribution in [1.29, 1.82) is 0 Å². The number of para-hydroxylation sites is 1. The Morgan fingerprint density at radius 1 is 1.50 bits per heavy atom. The van der Waals surface area contributed by atoms with E-state index in [1.165, 1.54) is 0 Å². The van der Waals surface area contributed by atoms with E-state index in [4.69, 9.17) is 4.74 Å². The molecule has 76 valence electrons. The van der Waals surface area contributed by atoms with E-state index in [0.717, 1.165) is 17.9 Å². The first-order chi connectivity index (χ1) is 6.83. The molecule has 2 heteroatoms. The highest BCUT2D eigenvalue weighted by molar-refractivity contribution is 5.37. The van der Waals surface area contributed by atoms with Gasteiger partial charge in [0.2, 0.25) is 0 Å². The number of hydrogen-bond acceptors (Lipinski definition) is 2. The van der Waals surface area contributed by atoms with Crippen LogP contribution in [-0.2, 0) is 0 Å². The van der Waals surface area contributed by atoms with E-state index >= 15 is 0 Å². The van der Waals surface area contributed by atoms with Gasteiger partial charge in [0, 0.05) is 5.56 Å². The van der Waals surface area contributed by atoms with Crippen molar-refractivity contribution >= 4 is 0 Å². The fourth-order valence-electron chi connectivity index (χ4n) is 1.46. The SMILES string of the molecule is C=CC(NCC)c1ccccc1OC.